The first kappa shape index (κ1) is 23.3. The Morgan fingerprint density at radius 3 is 2.58 bits per heavy atom. The Labute approximate surface area is 191 Å². The molecule has 2 amide bonds. The first-order valence-electron chi connectivity index (χ1n) is 11.5. The zero-order valence-electron chi connectivity index (χ0n) is 19.0. The number of hydrogen-bond donors (Lipinski definition) is 1. The number of hydrogen-bond acceptors (Lipinski definition) is 5. The second-order valence-corrected chi connectivity index (χ2v) is 9.14. The van der Waals surface area contributed by atoms with Gasteiger partial charge >= 0.3 is 0 Å². The summed E-state index contributed by atoms with van der Waals surface area (Å²) in [6, 6.07) is 3.25. The van der Waals surface area contributed by atoms with Gasteiger partial charge in [0, 0.05) is 45.3 Å². The lowest BCUT2D eigenvalue weighted by Gasteiger charge is -2.43. The number of rotatable bonds is 5. The number of halogens is 2. The van der Waals surface area contributed by atoms with Gasteiger partial charge in [-0.2, -0.15) is 0 Å². The summed E-state index contributed by atoms with van der Waals surface area (Å²) in [5.74, 6) is -2.36. The van der Waals surface area contributed by atoms with Crippen molar-refractivity contribution in [2.45, 2.75) is 50.6 Å². The molecule has 2 aliphatic rings. The molecule has 1 aromatic heterocycles. The third-order valence-corrected chi connectivity index (χ3v) is 6.69. The van der Waals surface area contributed by atoms with E-state index in [1.54, 1.807) is 19.0 Å². The van der Waals surface area contributed by atoms with Crippen molar-refractivity contribution >= 4 is 11.8 Å². The molecular weight excluding hydrogens is 430 g/mol. The molecule has 1 aliphatic heterocycles. The van der Waals surface area contributed by atoms with E-state index in [0.717, 1.165) is 36.2 Å². The average molecular weight is 461 g/mol. The Bertz CT molecular complexity index is 1000. The quantitative estimate of drug-likeness (QED) is 0.741. The standard InChI is InChI=1S/C23H30F2N6O2/c1-29(2)23(33)17-13-30(16-6-4-3-5-7-16)11-10-19(17)26-22(32)20-14-31(28-27-20)21-9-8-15(24)12-18(21)25/h8-9,12,14,16-17,19H,3-7,10-11,13H2,1-2H3,(H,26,32)/t17-,19-/m1/s1. The van der Waals surface area contributed by atoms with Gasteiger partial charge in [-0.15, -0.1) is 5.10 Å². The van der Waals surface area contributed by atoms with Gasteiger partial charge < -0.3 is 10.2 Å². The van der Waals surface area contributed by atoms with E-state index < -0.39 is 17.5 Å². The van der Waals surface area contributed by atoms with E-state index in [1.165, 1.54) is 31.5 Å². The van der Waals surface area contributed by atoms with Gasteiger partial charge in [-0.05, 0) is 31.4 Å². The second-order valence-electron chi connectivity index (χ2n) is 9.14. The van der Waals surface area contributed by atoms with Crippen LogP contribution in [0.15, 0.2) is 24.4 Å². The zero-order valence-corrected chi connectivity index (χ0v) is 19.0. The monoisotopic (exact) mass is 460 g/mol. The predicted molar refractivity (Wildman–Crippen MR) is 118 cm³/mol. The van der Waals surface area contributed by atoms with E-state index in [4.69, 9.17) is 0 Å². The van der Waals surface area contributed by atoms with Crippen LogP contribution >= 0.6 is 0 Å². The fraction of sp³-hybridized carbons (Fsp3) is 0.565. The number of carbonyl (C=O) groups is 2. The molecule has 1 N–H and O–H groups in total. The lowest BCUT2D eigenvalue weighted by molar-refractivity contribution is -0.136. The smallest absolute Gasteiger partial charge is 0.273 e. The first-order valence-corrected chi connectivity index (χ1v) is 11.5. The van der Waals surface area contributed by atoms with Crippen LogP contribution in [-0.2, 0) is 4.79 Å². The Hall–Kier alpha value is -2.88. The van der Waals surface area contributed by atoms with Crippen LogP contribution in [0.4, 0.5) is 8.78 Å². The minimum atomic E-state index is -0.807. The van der Waals surface area contributed by atoms with Gasteiger partial charge in [0.05, 0.1) is 12.1 Å². The van der Waals surface area contributed by atoms with Crippen LogP contribution in [0.1, 0.15) is 49.0 Å². The van der Waals surface area contributed by atoms with Crippen LogP contribution in [0.25, 0.3) is 5.69 Å². The maximum atomic E-state index is 14.0. The van der Waals surface area contributed by atoms with Crippen LogP contribution in [0.5, 0.6) is 0 Å². The van der Waals surface area contributed by atoms with Gasteiger partial charge in [0.1, 0.15) is 11.5 Å². The molecule has 2 aromatic rings. The predicted octanol–water partition coefficient (Wildman–Crippen LogP) is 2.39. The number of aromatic nitrogens is 3. The van der Waals surface area contributed by atoms with Crippen LogP contribution in [0.2, 0.25) is 0 Å². The molecule has 0 bridgehead atoms. The molecule has 2 heterocycles. The Morgan fingerprint density at radius 1 is 1.12 bits per heavy atom. The van der Waals surface area contributed by atoms with Gasteiger partial charge in [-0.25, -0.2) is 13.5 Å². The third kappa shape index (κ3) is 5.21. The molecule has 1 aliphatic carbocycles. The van der Waals surface area contributed by atoms with Crippen LogP contribution < -0.4 is 5.32 Å². The normalized spacial score (nSPS) is 22.2. The number of benzene rings is 1. The van der Waals surface area contributed by atoms with E-state index in [1.807, 2.05) is 0 Å². The summed E-state index contributed by atoms with van der Waals surface area (Å²) in [6.07, 6.45) is 7.98. The van der Waals surface area contributed by atoms with Crippen molar-refractivity contribution in [2.75, 3.05) is 27.2 Å². The molecule has 1 aromatic carbocycles. The van der Waals surface area contributed by atoms with Crippen LogP contribution in [0.3, 0.4) is 0 Å². The zero-order chi connectivity index (χ0) is 23.5. The van der Waals surface area contributed by atoms with Crippen LogP contribution in [0, 0.1) is 17.6 Å². The highest BCUT2D eigenvalue weighted by Gasteiger charge is 2.38. The number of nitrogens with one attached hydrogen (secondary N) is 1. The topological polar surface area (TPSA) is 83.4 Å². The minimum absolute atomic E-state index is 0.00415. The summed E-state index contributed by atoms with van der Waals surface area (Å²) >= 11 is 0. The van der Waals surface area contributed by atoms with E-state index in [9.17, 15) is 18.4 Å². The molecule has 10 heteroatoms. The molecule has 0 radical (unpaired) electrons. The SMILES string of the molecule is CN(C)C(=O)[C@@H]1CN(C2CCCCC2)CC[C@H]1NC(=O)c1cn(-c2ccc(F)cc2F)nn1. The fourth-order valence-corrected chi connectivity index (χ4v) is 4.90. The number of carbonyl (C=O) groups excluding carboxylic acids is 2. The molecule has 1 saturated heterocycles. The van der Waals surface area contributed by atoms with E-state index >= 15 is 0 Å². The van der Waals surface area contributed by atoms with Gasteiger partial charge in [0.15, 0.2) is 11.5 Å². The molecular formula is C23H30F2N6O2. The number of likely N-dealkylation sites (tertiary alicyclic amines) is 1. The van der Waals surface area contributed by atoms with Crippen molar-refractivity contribution in [1.29, 1.82) is 0 Å². The largest absolute Gasteiger partial charge is 0.348 e. The molecule has 4 rings (SSSR count). The lowest BCUT2D eigenvalue weighted by Crippen LogP contribution is -2.57. The number of nitrogens with zero attached hydrogens (tertiary/aromatic N) is 5. The Balaban J connectivity index is 1.47. The molecule has 0 spiro atoms. The average Bonchev–Trinajstić information content (AvgIpc) is 3.29. The molecule has 33 heavy (non-hydrogen) atoms. The maximum absolute atomic E-state index is 14.0. The summed E-state index contributed by atoms with van der Waals surface area (Å²) in [6.45, 7) is 1.43. The van der Waals surface area contributed by atoms with Crippen molar-refractivity contribution in [1.82, 2.24) is 30.1 Å². The summed E-state index contributed by atoms with van der Waals surface area (Å²) in [5, 5.41) is 10.6. The van der Waals surface area contributed by atoms with E-state index in [0.29, 0.717) is 19.0 Å². The van der Waals surface area contributed by atoms with Crippen molar-refractivity contribution in [3.8, 4) is 5.69 Å². The van der Waals surface area contributed by atoms with Crippen LogP contribution in [-0.4, -0.2) is 75.9 Å². The van der Waals surface area contributed by atoms with E-state index in [-0.39, 0.29) is 29.2 Å². The molecule has 178 valence electrons. The Morgan fingerprint density at radius 2 is 1.88 bits per heavy atom. The van der Waals surface area contributed by atoms with Crippen molar-refractivity contribution in [2.24, 2.45) is 5.92 Å². The van der Waals surface area contributed by atoms with Crippen molar-refractivity contribution in [3.05, 3.63) is 41.7 Å². The van der Waals surface area contributed by atoms with Gasteiger partial charge in [0.2, 0.25) is 5.91 Å². The van der Waals surface area contributed by atoms with Gasteiger partial charge in [0.25, 0.3) is 5.91 Å². The number of amides is 2. The molecule has 8 nitrogen and oxygen atoms in total. The van der Waals surface area contributed by atoms with Gasteiger partial charge in [-0.3, -0.25) is 14.5 Å². The molecule has 2 fully saturated rings. The Kier molecular flexibility index (Phi) is 7.02. The van der Waals surface area contributed by atoms with Gasteiger partial charge in [-0.1, -0.05) is 24.5 Å². The molecule has 1 saturated carbocycles. The second kappa shape index (κ2) is 9.94. The minimum Gasteiger partial charge on any atom is -0.348 e. The maximum Gasteiger partial charge on any atom is 0.273 e. The van der Waals surface area contributed by atoms with E-state index in [2.05, 4.69) is 20.5 Å². The van der Waals surface area contributed by atoms with Crippen molar-refractivity contribution in [3.63, 3.8) is 0 Å². The molecule has 0 unspecified atom stereocenters. The fourth-order valence-electron chi connectivity index (χ4n) is 4.90. The van der Waals surface area contributed by atoms with Crippen molar-refractivity contribution < 1.29 is 18.4 Å². The summed E-state index contributed by atoms with van der Waals surface area (Å²) < 4.78 is 28.3. The number of piperidine rings is 1. The highest BCUT2D eigenvalue weighted by Crippen LogP contribution is 2.28. The molecule has 2 atom stereocenters. The first-order chi connectivity index (χ1) is 15.8. The highest BCUT2D eigenvalue weighted by atomic mass is 19.1. The summed E-state index contributed by atoms with van der Waals surface area (Å²) in [4.78, 5) is 29.8. The third-order valence-electron chi connectivity index (χ3n) is 6.69. The summed E-state index contributed by atoms with van der Waals surface area (Å²) in [7, 11) is 3.45. The highest BCUT2D eigenvalue weighted by molar-refractivity contribution is 5.92. The summed E-state index contributed by atoms with van der Waals surface area (Å²) in [5.41, 5.74) is -0.00566. The lowest BCUT2D eigenvalue weighted by atomic mass is 9.86.